The zero-order valence-electron chi connectivity index (χ0n) is 16.2. The van der Waals surface area contributed by atoms with Gasteiger partial charge in [0.2, 0.25) is 5.91 Å². The van der Waals surface area contributed by atoms with E-state index in [0.29, 0.717) is 18.1 Å². The molecule has 0 radical (unpaired) electrons. The van der Waals surface area contributed by atoms with Gasteiger partial charge in [0, 0.05) is 31.2 Å². The Morgan fingerprint density at radius 2 is 1.63 bits per heavy atom. The zero-order valence-corrected chi connectivity index (χ0v) is 16.9. The second kappa shape index (κ2) is 8.66. The lowest BCUT2D eigenvalue weighted by molar-refractivity contribution is -0.134. The second-order valence-electron chi connectivity index (χ2n) is 7.26. The predicted octanol–water partition coefficient (Wildman–Crippen LogP) is 4.44. The third-order valence-corrected chi connectivity index (χ3v) is 5.43. The number of ether oxygens (including phenoxy) is 1. The van der Waals surface area contributed by atoms with Gasteiger partial charge in [-0.3, -0.25) is 4.79 Å². The van der Waals surface area contributed by atoms with Crippen LogP contribution in [0, 0.1) is 5.92 Å². The molecule has 0 spiro atoms. The molecule has 144 valence electrons. The average molecular weight is 387 g/mol. The number of amides is 1. The van der Waals surface area contributed by atoms with Gasteiger partial charge < -0.3 is 14.5 Å². The van der Waals surface area contributed by atoms with Crippen molar-refractivity contribution in [1.82, 2.24) is 4.90 Å². The number of piperazine rings is 1. The number of nitrogens with zero attached hydrogens (tertiary/aromatic N) is 2. The number of hydrogen-bond acceptors (Lipinski definition) is 3. The topological polar surface area (TPSA) is 32.8 Å². The maximum Gasteiger partial charge on any atom is 0.230 e. The van der Waals surface area contributed by atoms with Gasteiger partial charge in [0.25, 0.3) is 0 Å². The van der Waals surface area contributed by atoms with Crippen LogP contribution in [-0.2, 0) is 4.79 Å². The fourth-order valence-electron chi connectivity index (χ4n) is 3.74. The Kier molecular flexibility index (Phi) is 6.27. The molecule has 0 N–H and O–H groups in total. The molecule has 0 aromatic heterocycles. The Balaban J connectivity index is 1.70. The van der Waals surface area contributed by atoms with E-state index in [1.165, 1.54) is 0 Å². The van der Waals surface area contributed by atoms with E-state index in [9.17, 15) is 4.79 Å². The van der Waals surface area contributed by atoms with Gasteiger partial charge in [-0.25, -0.2) is 0 Å². The lowest BCUT2D eigenvalue weighted by Crippen LogP contribution is -2.50. The fraction of sp³-hybridized carbons (Fsp3) is 0.409. The molecule has 1 fully saturated rings. The van der Waals surface area contributed by atoms with E-state index in [1.807, 2.05) is 47.4 Å². The third-order valence-electron chi connectivity index (χ3n) is 5.18. The maximum absolute atomic E-state index is 13.2. The second-order valence-corrected chi connectivity index (χ2v) is 7.69. The Bertz CT molecular complexity index is 768. The minimum absolute atomic E-state index is 0.139. The predicted molar refractivity (Wildman–Crippen MR) is 111 cm³/mol. The van der Waals surface area contributed by atoms with Crippen molar-refractivity contribution in [2.24, 2.45) is 5.92 Å². The highest BCUT2D eigenvalue weighted by atomic mass is 35.5. The highest BCUT2D eigenvalue weighted by molar-refractivity contribution is 6.30. The van der Waals surface area contributed by atoms with Crippen LogP contribution in [0.15, 0.2) is 48.5 Å². The molecule has 0 saturated carbocycles. The van der Waals surface area contributed by atoms with Crippen molar-refractivity contribution >= 4 is 23.2 Å². The molecule has 27 heavy (non-hydrogen) atoms. The molecule has 0 unspecified atom stereocenters. The van der Waals surface area contributed by atoms with Gasteiger partial charge in [-0.2, -0.15) is 0 Å². The van der Waals surface area contributed by atoms with Crippen molar-refractivity contribution in [3.8, 4) is 5.75 Å². The van der Waals surface area contributed by atoms with E-state index in [0.717, 1.165) is 30.1 Å². The molecular formula is C22H27ClN2O2. The number of rotatable bonds is 5. The lowest BCUT2D eigenvalue weighted by atomic mass is 9.87. The van der Waals surface area contributed by atoms with Gasteiger partial charge in [-0.05, 0) is 35.7 Å². The van der Waals surface area contributed by atoms with Crippen molar-refractivity contribution < 1.29 is 9.53 Å². The molecule has 1 saturated heterocycles. The van der Waals surface area contributed by atoms with Crippen molar-refractivity contribution in [2.75, 3.05) is 38.2 Å². The van der Waals surface area contributed by atoms with E-state index in [-0.39, 0.29) is 17.7 Å². The molecular weight excluding hydrogens is 360 g/mol. The van der Waals surface area contributed by atoms with Crippen LogP contribution < -0.4 is 9.64 Å². The average Bonchev–Trinajstić information content (AvgIpc) is 2.69. The number of para-hydroxylation sites is 2. The van der Waals surface area contributed by atoms with Crippen LogP contribution in [-0.4, -0.2) is 44.1 Å². The lowest BCUT2D eigenvalue weighted by Gasteiger charge is -2.38. The van der Waals surface area contributed by atoms with Gasteiger partial charge in [0.05, 0.1) is 18.7 Å². The minimum Gasteiger partial charge on any atom is -0.495 e. The first-order valence-electron chi connectivity index (χ1n) is 9.43. The molecule has 0 bridgehead atoms. The molecule has 1 amide bonds. The molecule has 3 rings (SSSR count). The smallest absolute Gasteiger partial charge is 0.230 e. The Labute approximate surface area is 166 Å². The van der Waals surface area contributed by atoms with E-state index in [2.05, 4.69) is 24.8 Å². The van der Waals surface area contributed by atoms with E-state index < -0.39 is 0 Å². The van der Waals surface area contributed by atoms with Crippen molar-refractivity contribution in [3.63, 3.8) is 0 Å². The SMILES string of the molecule is COc1ccccc1N1CCN(C(=O)[C@@H](c2ccc(Cl)cc2)C(C)C)CC1. The molecule has 0 aliphatic carbocycles. The first-order chi connectivity index (χ1) is 13.0. The normalized spacial score (nSPS) is 15.7. The first-order valence-corrected chi connectivity index (χ1v) is 9.81. The highest BCUT2D eigenvalue weighted by Gasteiger charge is 2.31. The number of benzene rings is 2. The molecule has 5 heteroatoms. The van der Waals surface area contributed by atoms with Gasteiger partial charge in [0.1, 0.15) is 5.75 Å². The van der Waals surface area contributed by atoms with Gasteiger partial charge in [-0.15, -0.1) is 0 Å². The van der Waals surface area contributed by atoms with Crippen LogP contribution >= 0.6 is 11.6 Å². The number of anilines is 1. The van der Waals surface area contributed by atoms with Crippen LogP contribution in [0.1, 0.15) is 25.3 Å². The summed E-state index contributed by atoms with van der Waals surface area (Å²) in [6, 6.07) is 15.7. The highest BCUT2D eigenvalue weighted by Crippen LogP contribution is 2.31. The summed E-state index contributed by atoms with van der Waals surface area (Å²) < 4.78 is 5.48. The standard InChI is InChI=1S/C22H27ClN2O2/c1-16(2)21(17-8-10-18(23)11-9-17)22(26)25-14-12-24(13-15-25)19-6-4-5-7-20(19)27-3/h4-11,16,21H,12-15H2,1-3H3/t21-/m1/s1. The van der Waals surface area contributed by atoms with Crippen LogP contribution in [0.2, 0.25) is 5.02 Å². The monoisotopic (exact) mass is 386 g/mol. The van der Waals surface area contributed by atoms with Gasteiger partial charge in [0.15, 0.2) is 0 Å². The molecule has 1 aliphatic rings. The van der Waals surface area contributed by atoms with Gasteiger partial charge >= 0.3 is 0 Å². The van der Waals surface area contributed by atoms with Crippen LogP contribution in [0.25, 0.3) is 0 Å². The number of carbonyl (C=O) groups excluding carboxylic acids is 1. The number of halogens is 1. The Morgan fingerprint density at radius 1 is 1.00 bits per heavy atom. The fourth-order valence-corrected chi connectivity index (χ4v) is 3.86. The Hall–Kier alpha value is -2.20. The Morgan fingerprint density at radius 3 is 2.22 bits per heavy atom. The molecule has 4 nitrogen and oxygen atoms in total. The largest absolute Gasteiger partial charge is 0.495 e. The first kappa shape index (κ1) is 19.6. The molecule has 1 aliphatic heterocycles. The number of hydrogen-bond donors (Lipinski definition) is 0. The number of methoxy groups -OCH3 is 1. The summed E-state index contributed by atoms with van der Waals surface area (Å²) in [6.07, 6.45) is 0. The summed E-state index contributed by atoms with van der Waals surface area (Å²) in [7, 11) is 1.69. The molecule has 1 heterocycles. The number of carbonyl (C=O) groups is 1. The summed E-state index contributed by atoms with van der Waals surface area (Å²) in [5.74, 6) is 1.16. The molecule has 2 aromatic carbocycles. The van der Waals surface area contributed by atoms with E-state index in [1.54, 1.807) is 7.11 Å². The zero-order chi connectivity index (χ0) is 19.4. The van der Waals surface area contributed by atoms with Crippen LogP contribution in [0.3, 0.4) is 0 Å². The minimum atomic E-state index is -0.139. The van der Waals surface area contributed by atoms with E-state index >= 15 is 0 Å². The van der Waals surface area contributed by atoms with Gasteiger partial charge in [-0.1, -0.05) is 49.7 Å². The summed E-state index contributed by atoms with van der Waals surface area (Å²) in [6.45, 7) is 7.24. The summed E-state index contributed by atoms with van der Waals surface area (Å²) in [4.78, 5) is 17.5. The quantitative estimate of drug-likeness (QED) is 0.761. The van der Waals surface area contributed by atoms with Crippen LogP contribution in [0.5, 0.6) is 5.75 Å². The molecule has 2 aromatic rings. The summed E-state index contributed by atoms with van der Waals surface area (Å²) in [5.41, 5.74) is 2.12. The third kappa shape index (κ3) is 4.38. The van der Waals surface area contributed by atoms with Crippen molar-refractivity contribution in [2.45, 2.75) is 19.8 Å². The summed E-state index contributed by atoms with van der Waals surface area (Å²) in [5, 5.41) is 0.694. The maximum atomic E-state index is 13.2. The van der Waals surface area contributed by atoms with Crippen molar-refractivity contribution in [3.05, 3.63) is 59.1 Å². The van der Waals surface area contributed by atoms with E-state index in [4.69, 9.17) is 16.3 Å². The molecule has 1 atom stereocenters. The summed E-state index contributed by atoms with van der Waals surface area (Å²) >= 11 is 6.01. The van der Waals surface area contributed by atoms with Crippen LogP contribution in [0.4, 0.5) is 5.69 Å². The van der Waals surface area contributed by atoms with Crippen molar-refractivity contribution in [1.29, 1.82) is 0 Å².